The van der Waals surface area contributed by atoms with E-state index in [2.05, 4.69) is 153 Å². The zero-order chi connectivity index (χ0) is 24.3. The summed E-state index contributed by atoms with van der Waals surface area (Å²) in [5, 5.41) is 0. The van der Waals surface area contributed by atoms with Crippen molar-refractivity contribution in [2.75, 3.05) is 0 Å². The Hall–Kier alpha value is -3.88. The number of allylic oxidation sites excluding steroid dienone is 2. The molecule has 1 heteroatoms. The number of rotatable bonds is 5. The Bertz CT molecular complexity index is 1430. The van der Waals surface area contributed by atoms with Gasteiger partial charge in [0.2, 0.25) is 0 Å². The summed E-state index contributed by atoms with van der Waals surface area (Å²) >= 11 is -2.52. The molecule has 36 heavy (non-hydrogen) atoms. The van der Waals surface area contributed by atoms with E-state index in [0.717, 1.165) is 0 Å². The summed E-state index contributed by atoms with van der Waals surface area (Å²) in [6, 6.07) is 53.6. The molecule has 1 heterocycles. The average molecular weight is 521 g/mol. The van der Waals surface area contributed by atoms with Crippen molar-refractivity contribution in [1.29, 1.82) is 0 Å². The van der Waals surface area contributed by atoms with Crippen LogP contribution in [0.3, 0.4) is 0 Å². The van der Waals surface area contributed by atoms with Gasteiger partial charge in [-0.2, -0.15) is 0 Å². The third-order valence-electron chi connectivity index (χ3n) is 7.07. The summed E-state index contributed by atoms with van der Waals surface area (Å²) in [6.07, 6.45) is 0. The van der Waals surface area contributed by atoms with Gasteiger partial charge in [0, 0.05) is 0 Å². The second-order valence-corrected chi connectivity index (χ2v) is 15.0. The van der Waals surface area contributed by atoms with Crippen molar-refractivity contribution in [3.63, 3.8) is 0 Å². The van der Waals surface area contributed by atoms with Gasteiger partial charge in [0.25, 0.3) is 0 Å². The van der Waals surface area contributed by atoms with Crippen LogP contribution in [0.15, 0.2) is 146 Å². The van der Waals surface area contributed by atoms with Gasteiger partial charge in [-0.25, -0.2) is 0 Å². The van der Waals surface area contributed by atoms with Crippen LogP contribution in [0.1, 0.15) is 27.8 Å². The molecule has 0 atom stereocenters. The van der Waals surface area contributed by atoms with Gasteiger partial charge in [-0.3, -0.25) is 0 Å². The predicted octanol–water partition coefficient (Wildman–Crippen LogP) is 7.74. The molecule has 0 saturated heterocycles. The quantitative estimate of drug-likeness (QED) is 0.208. The molecule has 5 aromatic carbocycles. The van der Waals surface area contributed by atoms with Crippen molar-refractivity contribution in [1.82, 2.24) is 0 Å². The minimum absolute atomic E-state index is 1.30. The molecule has 0 aliphatic carbocycles. The SMILES string of the molecule is Cc1cc[c]([GeH]2[C](c3ccccc3)=C(c3ccccc3)C(c3ccccc3)=[C]2c2ccccc2)cc1. The normalized spacial score (nSPS) is 13.9. The second-order valence-electron chi connectivity index (χ2n) is 9.39. The van der Waals surface area contributed by atoms with E-state index in [-0.39, 0.29) is 0 Å². The monoisotopic (exact) mass is 522 g/mol. The van der Waals surface area contributed by atoms with Gasteiger partial charge in [-0.05, 0) is 0 Å². The van der Waals surface area contributed by atoms with Gasteiger partial charge in [-0.15, -0.1) is 0 Å². The van der Waals surface area contributed by atoms with Crippen molar-refractivity contribution in [2.24, 2.45) is 0 Å². The molecule has 1 aliphatic heterocycles. The van der Waals surface area contributed by atoms with Gasteiger partial charge in [-0.1, -0.05) is 0 Å². The van der Waals surface area contributed by atoms with E-state index in [1.165, 1.54) is 43.4 Å². The molecule has 0 fully saturated rings. The van der Waals surface area contributed by atoms with E-state index >= 15 is 0 Å². The fourth-order valence-corrected chi connectivity index (χ4v) is 13.4. The van der Waals surface area contributed by atoms with Crippen LogP contribution in [0.25, 0.3) is 20.0 Å². The molecular weight excluding hydrogens is 493 g/mol. The van der Waals surface area contributed by atoms with Crippen molar-refractivity contribution in [2.45, 2.75) is 6.92 Å². The van der Waals surface area contributed by atoms with E-state index in [1.54, 1.807) is 8.81 Å². The Kier molecular flexibility index (Phi) is 6.28. The molecule has 0 unspecified atom stereocenters. The van der Waals surface area contributed by atoms with Crippen LogP contribution in [0.5, 0.6) is 0 Å². The maximum absolute atomic E-state index is 2.52. The van der Waals surface area contributed by atoms with Gasteiger partial charge < -0.3 is 0 Å². The fraction of sp³-hybridized carbons (Fsp3) is 0.0286. The third kappa shape index (κ3) is 4.19. The first kappa shape index (κ1) is 22.6. The van der Waals surface area contributed by atoms with Crippen LogP contribution in [0.2, 0.25) is 0 Å². The molecule has 0 saturated carbocycles. The molecule has 0 amide bonds. The first-order valence-electron chi connectivity index (χ1n) is 12.6. The van der Waals surface area contributed by atoms with Gasteiger partial charge >= 0.3 is 219 Å². The maximum atomic E-state index is 2.39. The third-order valence-corrected chi connectivity index (χ3v) is 14.3. The van der Waals surface area contributed by atoms with Crippen molar-refractivity contribution < 1.29 is 0 Å². The Balaban J connectivity index is 1.77. The average Bonchev–Trinajstić information content (AvgIpc) is 3.31. The van der Waals surface area contributed by atoms with Crippen molar-refractivity contribution in [3.8, 4) is 0 Å². The second kappa shape index (κ2) is 10.0. The van der Waals surface area contributed by atoms with E-state index < -0.39 is 14.3 Å². The molecule has 5 aromatic rings. The van der Waals surface area contributed by atoms with Gasteiger partial charge in [0.05, 0.1) is 0 Å². The molecule has 0 spiro atoms. The zero-order valence-electron chi connectivity index (χ0n) is 20.4. The molecule has 0 N–H and O–H groups in total. The zero-order valence-corrected chi connectivity index (χ0v) is 22.9. The predicted molar refractivity (Wildman–Crippen MR) is 157 cm³/mol. The number of hydrogen-bond acceptors (Lipinski definition) is 0. The van der Waals surface area contributed by atoms with Crippen molar-refractivity contribution in [3.05, 3.63) is 173 Å². The Morgan fingerprint density at radius 1 is 0.361 bits per heavy atom. The van der Waals surface area contributed by atoms with E-state index in [0.29, 0.717) is 0 Å². The number of benzene rings is 5. The molecular formula is C35H28Ge. The molecule has 1 aliphatic rings. The van der Waals surface area contributed by atoms with Crippen LogP contribution in [-0.2, 0) is 0 Å². The summed E-state index contributed by atoms with van der Waals surface area (Å²) in [5.74, 6) is 0. The molecule has 6 rings (SSSR count). The molecule has 0 nitrogen and oxygen atoms in total. The van der Waals surface area contributed by atoms with E-state index in [9.17, 15) is 0 Å². The van der Waals surface area contributed by atoms with E-state index in [1.807, 2.05) is 0 Å². The van der Waals surface area contributed by atoms with E-state index in [4.69, 9.17) is 0 Å². The summed E-state index contributed by atoms with van der Waals surface area (Å²) < 4.78 is 4.61. The van der Waals surface area contributed by atoms with Gasteiger partial charge in [0.15, 0.2) is 0 Å². The Morgan fingerprint density at radius 3 is 1.06 bits per heavy atom. The summed E-state index contributed by atoms with van der Waals surface area (Å²) in [5.41, 5.74) is 9.39. The van der Waals surface area contributed by atoms with Crippen molar-refractivity contribution >= 4 is 38.7 Å². The summed E-state index contributed by atoms with van der Waals surface area (Å²) in [4.78, 5) is 0. The van der Waals surface area contributed by atoms with Gasteiger partial charge in [0.1, 0.15) is 0 Å². The summed E-state index contributed by atoms with van der Waals surface area (Å²) in [7, 11) is 0. The number of aryl methyl sites for hydroxylation is 1. The summed E-state index contributed by atoms with van der Waals surface area (Å²) in [6.45, 7) is 2.18. The minimum atomic E-state index is -2.52. The van der Waals surface area contributed by atoms with Crippen LogP contribution < -0.4 is 4.40 Å². The first-order valence-corrected chi connectivity index (χ1v) is 16.2. The number of hydrogen-bond donors (Lipinski definition) is 0. The molecule has 0 radical (unpaired) electrons. The molecule has 0 bridgehead atoms. The topological polar surface area (TPSA) is 0 Å². The Labute approximate surface area is 218 Å². The molecule has 0 aromatic heterocycles. The standard InChI is InChI=1S/C35H28Ge/c1-26-22-24-31(25-23-26)36-34(29-18-10-4-11-19-29)32(27-14-6-2-7-15-27)33(28-16-8-3-9-17-28)35(36)30-20-12-5-13-21-30/h2-25,36H,1H3. The van der Waals surface area contributed by atoms with Crippen LogP contribution in [-0.4, -0.2) is 14.3 Å². The molecule has 172 valence electrons. The van der Waals surface area contributed by atoms with Crippen LogP contribution in [0, 0.1) is 6.92 Å². The van der Waals surface area contributed by atoms with Crippen LogP contribution in [0.4, 0.5) is 0 Å². The first-order chi connectivity index (χ1) is 17.8. The van der Waals surface area contributed by atoms with Crippen LogP contribution >= 0.6 is 0 Å². The Morgan fingerprint density at radius 2 is 0.694 bits per heavy atom. The fourth-order valence-electron chi connectivity index (χ4n) is 5.46.